The third-order valence-electron chi connectivity index (χ3n) is 3.89. The maximum Gasteiger partial charge on any atom is 0.330 e. The quantitative estimate of drug-likeness (QED) is 0.840. The van der Waals surface area contributed by atoms with Crippen LogP contribution in [0, 0.1) is 0 Å². The number of H-pyrrole nitrogens is 1. The Morgan fingerprint density at radius 3 is 2.33 bits per heavy atom. The Morgan fingerprint density at radius 2 is 1.83 bits per heavy atom. The van der Waals surface area contributed by atoms with E-state index < -0.39 is 0 Å². The van der Waals surface area contributed by atoms with Crippen LogP contribution >= 0.6 is 11.6 Å². The molecule has 100 valence electrons. The van der Waals surface area contributed by atoms with Crippen molar-refractivity contribution >= 4 is 11.6 Å². The lowest BCUT2D eigenvalue weighted by atomic mass is 9.99. The summed E-state index contributed by atoms with van der Waals surface area (Å²) in [6.45, 7) is 5.79. The van der Waals surface area contributed by atoms with Gasteiger partial charge in [-0.15, -0.1) is 0 Å². The van der Waals surface area contributed by atoms with E-state index in [1.165, 1.54) is 4.57 Å². The first kappa shape index (κ1) is 13.4. The molecule has 1 aliphatic carbocycles. The SMILES string of the molecule is CC(C)c1c(Cl)[nH]c(=O)n(C2(C)CCCC2)c1=O. The minimum atomic E-state index is -0.390. The fraction of sp³-hybridized carbons (Fsp3) is 0.692. The highest BCUT2D eigenvalue weighted by atomic mass is 35.5. The Kier molecular flexibility index (Phi) is 3.41. The van der Waals surface area contributed by atoms with Crippen molar-refractivity contribution in [3.63, 3.8) is 0 Å². The van der Waals surface area contributed by atoms with Crippen LogP contribution < -0.4 is 11.2 Å². The van der Waals surface area contributed by atoms with Crippen LogP contribution in [0.3, 0.4) is 0 Å². The predicted octanol–water partition coefficient (Wildman–Crippen LogP) is 2.60. The average Bonchev–Trinajstić information content (AvgIpc) is 2.63. The number of halogens is 1. The molecular formula is C13H19ClN2O2. The zero-order valence-electron chi connectivity index (χ0n) is 11.0. The van der Waals surface area contributed by atoms with Crippen LogP contribution in [-0.2, 0) is 5.54 Å². The van der Waals surface area contributed by atoms with E-state index >= 15 is 0 Å². The summed E-state index contributed by atoms with van der Waals surface area (Å²) < 4.78 is 1.38. The van der Waals surface area contributed by atoms with Crippen molar-refractivity contribution in [2.75, 3.05) is 0 Å². The molecule has 2 rings (SSSR count). The molecule has 0 spiro atoms. The monoisotopic (exact) mass is 270 g/mol. The molecule has 1 heterocycles. The summed E-state index contributed by atoms with van der Waals surface area (Å²) in [6.07, 6.45) is 3.86. The van der Waals surface area contributed by atoms with Crippen molar-refractivity contribution in [3.05, 3.63) is 31.6 Å². The van der Waals surface area contributed by atoms with E-state index in [1.807, 2.05) is 20.8 Å². The number of aromatic nitrogens is 2. The maximum absolute atomic E-state index is 12.5. The van der Waals surface area contributed by atoms with Gasteiger partial charge >= 0.3 is 5.69 Å². The summed E-state index contributed by atoms with van der Waals surface area (Å²) in [7, 11) is 0. The van der Waals surface area contributed by atoms with Gasteiger partial charge in [-0.2, -0.15) is 0 Å². The molecule has 0 unspecified atom stereocenters. The van der Waals surface area contributed by atoms with Crippen molar-refractivity contribution in [3.8, 4) is 0 Å². The lowest BCUT2D eigenvalue weighted by molar-refractivity contribution is 0.303. The molecule has 0 aliphatic heterocycles. The van der Waals surface area contributed by atoms with E-state index in [-0.39, 0.29) is 27.9 Å². The molecule has 1 aromatic heterocycles. The van der Waals surface area contributed by atoms with Gasteiger partial charge in [-0.1, -0.05) is 38.3 Å². The summed E-state index contributed by atoms with van der Waals surface area (Å²) in [4.78, 5) is 27.2. The van der Waals surface area contributed by atoms with Gasteiger partial charge in [0.2, 0.25) is 0 Å². The molecule has 0 radical (unpaired) electrons. The van der Waals surface area contributed by atoms with Crippen molar-refractivity contribution in [1.82, 2.24) is 9.55 Å². The van der Waals surface area contributed by atoms with Gasteiger partial charge in [0.25, 0.3) is 5.56 Å². The van der Waals surface area contributed by atoms with Gasteiger partial charge in [0.05, 0.1) is 5.56 Å². The van der Waals surface area contributed by atoms with Gasteiger partial charge < -0.3 is 0 Å². The highest BCUT2D eigenvalue weighted by Crippen LogP contribution is 2.34. The molecule has 4 nitrogen and oxygen atoms in total. The van der Waals surface area contributed by atoms with Crippen LogP contribution in [-0.4, -0.2) is 9.55 Å². The van der Waals surface area contributed by atoms with Crippen LogP contribution in [0.5, 0.6) is 0 Å². The van der Waals surface area contributed by atoms with E-state index in [0.29, 0.717) is 5.56 Å². The van der Waals surface area contributed by atoms with Crippen molar-refractivity contribution in [1.29, 1.82) is 0 Å². The summed E-state index contributed by atoms with van der Waals surface area (Å²) >= 11 is 5.98. The standard InChI is InChI=1S/C13H19ClN2O2/c1-8(2)9-10(14)15-12(18)16(11(9)17)13(3)6-4-5-7-13/h8H,4-7H2,1-3H3,(H,15,18). The topological polar surface area (TPSA) is 54.9 Å². The first-order valence-electron chi connectivity index (χ1n) is 6.42. The highest BCUT2D eigenvalue weighted by Gasteiger charge is 2.34. The number of hydrogen-bond acceptors (Lipinski definition) is 2. The van der Waals surface area contributed by atoms with Crippen molar-refractivity contribution in [2.45, 2.75) is 57.9 Å². The Hall–Kier alpha value is -1.03. The second kappa shape index (κ2) is 4.57. The van der Waals surface area contributed by atoms with Gasteiger partial charge in [0, 0.05) is 5.54 Å². The maximum atomic E-state index is 12.5. The zero-order chi connectivity index (χ0) is 13.5. The number of hydrogen-bond donors (Lipinski definition) is 1. The molecule has 0 bridgehead atoms. The minimum Gasteiger partial charge on any atom is -0.297 e. The van der Waals surface area contributed by atoms with E-state index in [9.17, 15) is 9.59 Å². The molecule has 0 atom stereocenters. The first-order valence-corrected chi connectivity index (χ1v) is 6.80. The summed E-state index contributed by atoms with van der Waals surface area (Å²) in [6, 6.07) is 0. The van der Waals surface area contributed by atoms with E-state index in [1.54, 1.807) is 0 Å². The van der Waals surface area contributed by atoms with Crippen LogP contribution in [0.4, 0.5) is 0 Å². The minimum absolute atomic E-state index is 0.00176. The third-order valence-corrected chi connectivity index (χ3v) is 4.19. The van der Waals surface area contributed by atoms with Gasteiger partial charge in [0.1, 0.15) is 5.15 Å². The fourth-order valence-corrected chi connectivity index (χ4v) is 3.25. The molecule has 1 aromatic rings. The highest BCUT2D eigenvalue weighted by molar-refractivity contribution is 6.30. The summed E-state index contributed by atoms with van der Waals surface area (Å²) in [5, 5.41) is 0.179. The number of nitrogens with zero attached hydrogens (tertiary/aromatic N) is 1. The van der Waals surface area contributed by atoms with Crippen LogP contribution in [0.15, 0.2) is 9.59 Å². The summed E-state index contributed by atoms with van der Waals surface area (Å²) in [5.74, 6) is -0.00176. The Balaban J connectivity index is 2.72. The molecule has 0 aromatic carbocycles. The Labute approximate surface area is 111 Å². The fourth-order valence-electron chi connectivity index (χ4n) is 2.87. The van der Waals surface area contributed by atoms with E-state index in [0.717, 1.165) is 25.7 Å². The molecule has 5 heteroatoms. The second-order valence-corrected chi connectivity index (χ2v) is 6.04. The van der Waals surface area contributed by atoms with Gasteiger partial charge in [-0.05, 0) is 25.7 Å². The van der Waals surface area contributed by atoms with Crippen molar-refractivity contribution < 1.29 is 0 Å². The van der Waals surface area contributed by atoms with Crippen molar-refractivity contribution in [2.24, 2.45) is 0 Å². The van der Waals surface area contributed by atoms with Gasteiger partial charge in [-0.3, -0.25) is 14.3 Å². The van der Waals surface area contributed by atoms with Gasteiger partial charge in [0.15, 0.2) is 0 Å². The number of rotatable bonds is 2. The lowest BCUT2D eigenvalue weighted by Gasteiger charge is -2.26. The van der Waals surface area contributed by atoms with Gasteiger partial charge in [-0.25, -0.2) is 4.79 Å². The molecule has 1 N–H and O–H groups in total. The molecule has 0 saturated heterocycles. The third kappa shape index (κ3) is 2.03. The average molecular weight is 271 g/mol. The molecule has 18 heavy (non-hydrogen) atoms. The first-order chi connectivity index (χ1) is 8.37. The normalized spacial score (nSPS) is 18.5. The lowest BCUT2D eigenvalue weighted by Crippen LogP contribution is -2.48. The molecule has 1 saturated carbocycles. The Morgan fingerprint density at radius 1 is 1.28 bits per heavy atom. The smallest absolute Gasteiger partial charge is 0.297 e. The number of nitrogens with one attached hydrogen (secondary N) is 1. The largest absolute Gasteiger partial charge is 0.330 e. The van der Waals surface area contributed by atoms with Crippen LogP contribution in [0.1, 0.15) is 57.9 Å². The molecular weight excluding hydrogens is 252 g/mol. The predicted molar refractivity (Wildman–Crippen MR) is 72.5 cm³/mol. The van der Waals surface area contributed by atoms with Crippen LogP contribution in [0.2, 0.25) is 5.15 Å². The second-order valence-electron chi connectivity index (χ2n) is 5.66. The molecule has 1 aliphatic rings. The molecule has 1 fully saturated rings. The Bertz CT molecular complexity index is 565. The van der Waals surface area contributed by atoms with E-state index in [4.69, 9.17) is 11.6 Å². The molecule has 0 amide bonds. The summed E-state index contributed by atoms with van der Waals surface area (Å²) in [5.41, 5.74) is -0.481. The zero-order valence-corrected chi connectivity index (χ0v) is 11.8. The van der Waals surface area contributed by atoms with Crippen LogP contribution in [0.25, 0.3) is 0 Å². The number of aromatic amines is 1. The van der Waals surface area contributed by atoms with E-state index in [2.05, 4.69) is 4.98 Å².